The normalized spacial score (nSPS) is 12.6. The first-order chi connectivity index (χ1) is 39.0. The number of unbranched alkanes of at least 4 members (excludes halogenated alkanes) is 53. The first-order valence-corrected chi connectivity index (χ1v) is 36.1. The molecule has 468 valence electrons. The van der Waals surface area contributed by atoms with Gasteiger partial charge in [0.05, 0.1) is 25.4 Å². The van der Waals surface area contributed by atoms with Crippen LogP contribution in [0.1, 0.15) is 406 Å². The molecule has 0 rings (SSSR count). The maximum Gasteiger partial charge on any atom is 0.305 e. The number of rotatable bonds is 68. The Morgan fingerprint density at radius 1 is 0.354 bits per heavy atom. The number of aliphatic hydroxyl groups excluding tert-OH is 2. The van der Waals surface area contributed by atoms with Crippen molar-refractivity contribution in [3.8, 4) is 0 Å². The number of carbonyl (C=O) groups is 2. The van der Waals surface area contributed by atoms with Crippen LogP contribution in [0.15, 0.2) is 24.3 Å². The van der Waals surface area contributed by atoms with Gasteiger partial charge in [-0.3, -0.25) is 9.59 Å². The second kappa shape index (κ2) is 68.8. The molecule has 6 nitrogen and oxygen atoms in total. The fraction of sp³-hybridized carbons (Fsp3) is 0.918. The van der Waals surface area contributed by atoms with Crippen molar-refractivity contribution in [2.24, 2.45) is 0 Å². The zero-order chi connectivity index (χ0) is 57.1. The van der Waals surface area contributed by atoms with Crippen LogP contribution in [0.2, 0.25) is 0 Å². The molecule has 0 aliphatic rings. The Balaban J connectivity index is 3.30. The van der Waals surface area contributed by atoms with Crippen molar-refractivity contribution in [1.82, 2.24) is 5.32 Å². The fourth-order valence-corrected chi connectivity index (χ4v) is 11.5. The van der Waals surface area contributed by atoms with Gasteiger partial charge < -0.3 is 20.3 Å². The number of nitrogens with one attached hydrogen (secondary N) is 1. The molecule has 0 heterocycles. The highest BCUT2D eigenvalue weighted by atomic mass is 16.5. The van der Waals surface area contributed by atoms with Gasteiger partial charge in [-0.05, 0) is 57.8 Å². The first kappa shape index (κ1) is 77.3. The van der Waals surface area contributed by atoms with Crippen LogP contribution in [0.5, 0.6) is 0 Å². The zero-order valence-electron chi connectivity index (χ0n) is 53.6. The van der Waals surface area contributed by atoms with E-state index in [1.54, 1.807) is 0 Å². The molecule has 79 heavy (non-hydrogen) atoms. The van der Waals surface area contributed by atoms with Crippen molar-refractivity contribution >= 4 is 11.9 Å². The monoisotopic (exact) mass is 1110 g/mol. The van der Waals surface area contributed by atoms with Crippen LogP contribution in [0.25, 0.3) is 0 Å². The molecule has 0 saturated heterocycles. The lowest BCUT2D eigenvalue weighted by Crippen LogP contribution is -2.45. The van der Waals surface area contributed by atoms with Crippen LogP contribution in [0.4, 0.5) is 0 Å². The molecule has 0 radical (unpaired) electrons. The van der Waals surface area contributed by atoms with E-state index in [4.69, 9.17) is 4.74 Å². The van der Waals surface area contributed by atoms with Gasteiger partial charge in [0.1, 0.15) is 0 Å². The summed E-state index contributed by atoms with van der Waals surface area (Å²) in [6.07, 6.45) is 86.7. The minimum Gasteiger partial charge on any atom is -0.466 e. The number of allylic oxidation sites excluding steroid dienone is 4. The predicted molar refractivity (Wildman–Crippen MR) is 347 cm³/mol. The maximum absolute atomic E-state index is 12.5. The van der Waals surface area contributed by atoms with E-state index in [2.05, 4.69) is 43.5 Å². The zero-order valence-corrected chi connectivity index (χ0v) is 53.6. The summed E-state index contributed by atoms with van der Waals surface area (Å²) in [6.45, 7) is 4.96. The first-order valence-electron chi connectivity index (χ1n) is 36.1. The Hall–Kier alpha value is -1.66. The molecule has 0 fully saturated rings. The summed E-state index contributed by atoms with van der Waals surface area (Å²) in [4.78, 5) is 24.6. The second-order valence-corrected chi connectivity index (χ2v) is 24.9. The predicted octanol–water partition coefficient (Wildman–Crippen LogP) is 23.3. The van der Waals surface area contributed by atoms with E-state index in [9.17, 15) is 19.8 Å². The minimum atomic E-state index is -0.660. The molecule has 0 aromatic carbocycles. The van der Waals surface area contributed by atoms with Gasteiger partial charge in [0.2, 0.25) is 5.91 Å². The quantitative estimate of drug-likeness (QED) is 0.0320. The molecule has 0 spiro atoms. The number of carbonyl (C=O) groups excluding carboxylic acids is 2. The maximum atomic E-state index is 12.5. The van der Waals surface area contributed by atoms with Crippen LogP contribution in [0, 0.1) is 0 Å². The molecule has 3 N–H and O–H groups in total. The van der Waals surface area contributed by atoms with Gasteiger partial charge in [-0.25, -0.2) is 0 Å². The van der Waals surface area contributed by atoms with Crippen LogP contribution < -0.4 is 5.32 Å². The van der Waals surface area contributed by atoms with E-state index in [1.165, 1.54) is 321 Å². The Kier molecular flexibility index (Phi) is 67.4. The lowest BCUT2D eigenvalue weighted by molar-refractivity contribution is -0.143. The van der Waals surface area contributed by atoms with E-state index < -0.39 is 12.1 Å². The molecule has 0 aromatic heterocycles. The molecule has 0 aliphatic heterocycles. The summed E-state index contributed by atoms with van der Waals surface area (Å²) in [6, 6.07) is -0.537. The van der Waals surface area contributed by atoms with Crippen molar-refractivity contribution in [2.75, 3.05) is 13.2 Å². The lowest BCUT2D eigenvalue weighted by Gasteiger charge is -2.22. The van der Waals surface area contributed by atoms with Crippen molar-refractivity contribution in [3.05, 3.63) is 24.3 Å². The summed E-state index contributed by atoms with van der Waals surface area (Å²) in [5, 5.41) is 23.3. The summed E-state index contributed by atoms with van der Waals surface area (Å²) >= 11 is 0. The van der Waals surface area contributed by atoms with Crippen molar-refractivity contribution in [1.29, 1.82) is 0 Å². The number of aliphatic hydroxyl groups is 2. The van der Waals surface area contributed by atoms with Gasteiger partial charge in [0, 0.05) is 12.8 Å². The number of esters is 1. The lowest BCUT2D eigenvalue weighted by atomic mass is 10.0. The standard InChI is InChI=1S/C73H141NO5/c1-3-5-7-9-11-13-15-17-18-35-39-43-47-51-55-59-63-67-73(78)79-68-64-60-56-52-48-44-40-37-34-32-30-28-26-24-22-20-19-21-23-25-27-29-31-33-36-38-42-46-50-54-58-62-66-72(77)74-70(69-75)71(76)65-61-57-53-49-45-41-16-14-12-10-8-6-4-2/h11,13,17-18,70-71,75-76H,3-10,12,14-16,19-69H2,1-2H3,(H,74,77)/b13-11-,18-17-. The Bertz CT molecular complexity index is 1230. The third-order valence-electron chi connectivity index (χ3n) is 17.0. The molecule has 0 aliphatic carbocycles. The third kappa shape index (κ3) is 65.4. The molecule has 1 amide bonds. The third-order valence-corrected chi connectivity index (χ3v) is 17.0. The number of amides is 1. The van der Waals surface area contributed by atoms with Gasteiger partial charge in [0.25, 0.3) is 0 Å². The number of hydrogen-bond donors (Lipinski definition) is 3. The summed E-state index contributed by atoms with van der Waals surface area (Å²) in [5.41, 5.74) is 0. The highest BCUT2D eigenvalue weighted by Gasteiger charge is 2.20. The van der Waals surface area contributed by atoms with Gasteiger partial charge in [0.15, 0.2) is 0 Å². The van der Waals surface area contributed by atoms with E-state index in [0.29, 0.717) is 25.9 Å². The van der Waals surface area contributed by atoms with E-state index in [1.807, 2.05) is 0 Å². The smallest absolute Gasteiger partial charge is 0.305 e. The van der Waals surface area contributed by atoms with Crippen LogP contribution in [-0.4, -0.2) is 47.4 Å². The molecular formula is C73H141NO5. The Morgan fingerprint density at radius 3 is 0.987 bits per heavy atom. The average Bonchev–Trinajstić information content (AvgIpc) is 3.45. The van der Waals surface area contributed by atoms with E-state index >= 15 is 0 Å². The van der Waals surface area contributed by atoms with E-state index in [0.717, 1.165) is 51.4 Å². The van der Waals surface area contributed by atoms with Crippen molar-refractivity contribution in [3.63, 3.8) is 0 Å². The van der Waals surface area contributed by atoms with Gasteiger partial charge in [-0.2, -0.15) is 0 Å². The molecule has 0 bridgehead atoms. The van der Waals surface area contributed by atoms with Crippen LogP contribution >= 0.6 is 0 Å². The summed E-state index contributed by atoms with van der Waals surface area (Å²) < 4.78 is 5.50. The van der Waals surface area contributed by atoms with Gasteiger partial charge >= 0.3 is 5.97 Å². The molecule has 2 unspecified atom stereocenters. The molecule has 2 atom stereocenters. The topological polar surface area (TPSA) is 95.9 Å². The molecule has 0 aromatic rings. The summed E-state index contributed by atoms with van der Waals surface area (Å²) in [5.74, 6) is -0.0142. The Labute approximate surface area is 494 Å². The average molecular weight is 1110 g/mol. The largest absolute Gasteiger partial charge is 0.466 e. The van der Waals surface area contributed by atoms with Crippen molar-refractivity contribution in [2.45, 2.75) is 418 Å². The fourth-order valence-electron chi connectivity index (χ4n) is 11.5. The van der Waals surface area contributed by atoms with Crippen LogP contribution in [-0.2, 0) is 14.3 Å². The second-order valence-electron chi connectivity index (χ2n) is 24.9. The highest BCUT2D eigenvalue weighted by Crippen LogP contribution is 2.19. The highest BCUT2D eigenvalue weighted by molar-refractivity contribution is 5.76. The number of ether oxygens (including phenoxy) is 1. The van der Waals surface area contributed by atoms with Gasteiger partial charge in [-0.15, -0.1) is 0 Å². The summed E-state index contributed by atoms with van der Waals surface area (Å²) in [7, 11) is 0. The molecular weight excluding hydrogens is 971 g/mol. The SMILES string of the molecule is CCCCC/C=C\C/C=C\CCCCCCCCCC(=O)OCCCCCCCCCCCCCCCCCCCCCCCCCCCCCCCCCCC(=O)NC(CO)C(O)CCCCCCCCCCCCCCC. The Morgan fingerprint density at radius 2 is 0.633 bits per heavy atom. The number of hydrogen-bond acceptors (Lipinski definition) is 5. The minimum absolute atomic E-state index is 0.0140. The van der Waals surface area contributed by atoms with E-state index in [-0.39, 0.29) is 18.5 Å². The van der Waals surface area contributed by atoms with Gasteiger partial charge in [-0.1, -0.05) is 359 Å². The molecule has 6 heteroatoms. The van der Waals surface area contributed by atoms with Crippen LogP contribution in [0.3, 0.4) is 0 Å². The molecule has 0 saturated carbocycles. The van der Waals surface area contributed by atoms with Crippen molar-refractivity contribution < 1.29 is 24.5 Å².